The molecule has 0 radical (unpaired) electrons. The normalized spacial score (nSPS) is 29.2. The molecule has 1 amide bonds. The van der Waals surface area contributed by atoms with E-state index in [0.29, 0.717) is 38.8 Å². The highest BCUT2D eigenvalue weighted by Crippen LogP contribution is 2.41. The van der Waals surface area contributed by atoms with Gasteiger partial charge >= 0.3 is 0 Å². The van der Waals surface area contributed by atoms with Gasteiger partial charge in [0, 0.05) is 31.0 Å². The summed E-state index contributed by atoms with van der Waals surface area (Å²) in [6.45, 7) is 4.97. The van der Waals surface area contributed by atoms with Crippen molar-refractivity contribution >= 4 is 17.2 Å². The summed E-state index contributed by atoms with van der Waals surface area (Å²) in [6, 6.07) is 0. The van der Waals surface area contributed by atoms with Crippen LogP contribution >= 0.6 is 11.3 Å². The summed E-state index contributed by atoms with van der Waals surface area (Å²) in [5, 5.41) is 2.97. The van der Waals surface area contributed by atoms with Gasteiger partial charge in [0.05, 0.1) is 32.0 Å². The second-order valence-electron chi connectivity index (χ2n) is 5.88. The fourth-order valence-corrected chi connectivity index (χ4v) is 3.99. The van der Waals surface area contributed by atoms with Crippen LogP contribution in [0.3, 0.4) is 0 Å². The van der Waals surface area contributed by atoms with E-state index >= 15 is 0 Å². The van der Waals surface area contributed by atoms with Crippen molar-refractivity contribution < 1.29 is 14.3 Å². The molecule has 5 nitrogen and oxygen atoms in total. The van der Waals surface area contributed by atoms with Crippen molar-refractivity contribution in [3.8, 4) is 0 Å². The lowest BCUT2D eigenvalue weighted by Gasteiger charge is -2.43. The van der Waals surface area contributed by atoms with Gasteiger partial charge in [-0.3, -0.25) is 4.79 Å². The van der Waals surface area contributed by atoms with E-state index < -0.39 is 0 Å². The van der Waals surface area contributed by atoms with Crippen LogP contribution in [0.1, 0.15) is 31.2 Å². The van der Waals surface area contributed by atoms with E-state index in [1.165, 1.54) is 0 Å². The minimum Gasteiger partial charge on any atom is -0.374 e. The van der Waals surface area contributed by atoms with Gasteiger partial charge in [0.25, 0.3) is 0 Å². The molecule has 1 saturated carbocycles. The van der Waals surface area contributed by atoms with Crippen LogP contribution in [0.5, 0.6) is 0 Å². The lowest BCUT2D eigenvalue weighted by Crippen LogP contribution is -2.55. The number of carbonyl (C=O) groups is 1. The Labute approximate surface area is 129 Å². The summed E-state index contributed by atoms with van der Waals surface area (Å²) in [4.78, 5) is 17.8. The standard InChI is InChI=1S/C15H22N2O3S/c1-12(18)17-6-7-20-15(11-17)4-2-3-13(15)9-19-10-14-16-5-8-21-14/h5,8,13H,2-4,6-7,9-11H2,1H3/t13-,15+/m0/s1. The van der Waals surface area contributed by atoms with Crippen LogP contribution in [-0.4, -0.2) is 47.7 Å². The second kappa shape index (κ2) is 6.42. The van der Waals surface area contributed by atoms with E-state index in [1.54, 1.807) is 24.5 Å². The Morgan fingerprint density at radius 2 is 2.57 bits per heavy atom. The molecule has 0 N–H and O–H groups in total. The number of rotatable bonds is 4. The van der Waals surface area contributed by atoms with E-state index in [4.69, 9.17) is 9.47 Å². The minimum absolute atomic E-state index is 0.145. The number of hydrogen-bond donors (Lipinski definition) is 0. The highest BCUT2D eigenvalue weighted by atomic mass is 32.1. The average Bonchev–Trinajstić information content (AvgIpc) is 3.11. The summed E-state index contributed by atoms with van der Waals surface area (Å²) in [5.41, 5.74) is -0.188. The fraction of sp³-hybridized carbons (Fsp3) is 0.733. The van der Waals surface area contributed by atoms with E-state index in [-0.39, 0.29) is 11.5 Å². The SMILES string of the molecule is CC(=O)N1CCO[C@]2(CCC[C@H]2COCc2nccs2)C1. The predicted octanol–water partition coefficient (Wildman–Crippen LogP) is 2.08. The van der Waals surface area contributed by atoms with Crippen LogP contribution in [0.2, 0.25) is 0 Å². The van der Waals surface area contributed by atoms with Crippen LogP contribution in [-0.2, 0) is 20.9 Å². The first-order chi connectivity index (χ1) is 10.2. The van der Waals surface area contributed by atoms with Gasteiger partial charge < -0.3 is 14.4 Å². The van der Waals surface area contributed by atoms with E-state index in [9.17, 15) is 4.79 Å². The molecule has 6 heteroatoms. The van der Waals surface area contributed by atoms with Crippen molar-refractivity contribution in [3.05, 3.63) is 16.6 Å². The summed E-state index contributed by atoms with van der Waals surface area (Å²) >= 11 is 1.62. The van der Waals surface area contributed by atoms with Crippen molar-refractivity contribution in [2.45, 2.75) is 38.4 Å². The molecule has 1 aromatic rings. The van der Waals surface area contributed by atoms with Crippen LogP contribution < -0.4 is 0 Å². The van der Waals surface area contributed by atoms with Crippen LogP contribution in [0.15, 0.2) is 11.6 Å². The Morgan fingerprint density at radius 3 is 3.33 bits per heavy atom. The first kappa shape index (κ1) is 14.9. The highest BCUT2D eigenvalue weighted by molar-refractivity contribution is 7.09. The molecule has 1 aliphatic carbocycles. The first-order valence-corrected chi connectivity index (χ1v) is 8.43. The Hall–Kier alpha value is -0.980. The number of aromatic nitrogens is 1. The van der Waals surface area contributed by atoms with Gasteiger partial charge in [0.2, 0.25) is 5.91 Å². The van der Waals surface area contributed by atoms with Gasteiger partial charge in [-0.1, -0.05) is 6.42 Å². The lowest BCUT2D eigenvalue weighted by atomic mass is 9.89. The summed E-state index contributed by atoms with van der Waals surface area (Å²) < 4.78 is 12.0. The molecule has 2 fully saturated rings. The van der Waals surface area contributed by atoms with Crippen molar-refractivity contribution in [1.82, 2.24) is 9.88 Å². The van der Waals surface area contributed by atoms with Crippen LogP contribution in [0.25, 0.3) is 0 Å². The molecule has 1 saturated heterocycles. The zero-order valence-electron chi connectivity index (χ0n) is 12.4. The van der Waals surface area contributed by atoms with E-state index in [1.807, 2.05) is 10.3 Å². The van der Waals surface area contributed by atoms with Crippen molar-refractivity contribution in [2.24, 2.45) is 5.92 Å². The number of nitrogens with zero attached hydrogens (tertiary/aromatic N) is 2. The summed E-state index contributed by atoms with van der Waals surface area (Å²) in [5.74, 6) is 0.520. The molecule has 2 atom stereocenters. The molecular formula is C15H22N2O3S. The maximum absolute atomic E-state index is 11.6. The number of hydrogen-bond acceptors (Lipinski definition) is 5. The third kappa shape index (κ3) is 3.27. The quantitative estimate of drug-likeness (QED) is 0.854. The largest absolute Gasteiger partial charge is 0.374 e. The smallest absolute Gasteiger partial charge is 0.219 e. The number of thiazole rings is 1. The molecule has 21 heavy (non-hydrogen) atoms. The van der Waals surface area contributed by atoms with E-state index in [2.05, 4.69) is 4.98 Å². The maximum Gasteiger partial charge on any atom is 0.219 e. The predicted molar refractivity (Wildman–Crippen MR) is 80.0 cm³/mol. The van der Waals surface area contributed by atoms with Gasteiger partial charge in [-0.05, 0) is 12.8 Å². The number of morpholine rings is 1. The number of carbonyl (C=O) groups excluding carboxylic acids is 1. The zero-order valence-corrected chi connectivity index (χ0v) is 13.2. The Bertz CT molecular complexity index is 479. The summed E-state index contributed by atoms with van der Waals surface area (Å²) in [7, 11) is 0. The van der Waals surface area contributed by atoms with E-state index in [0.717, 1.165) is 24.3 Å². The third-order valence-corrected chi connectivity index (χ3v) is 5.33. The van der Waals surface area contributed by atoms with Crippen LogP contribution in [0, 0.1) is 5.92 Å². The topological polar surface area (TPSA) is 51.7 Å². The van der Waals surface area contributed by atoms with Gasteiger partial charge in [-0.2, -0.15) is 0 Å². The molecule has 2 aliphatic rings. The Balaban J connectivity index is 1.57. The molecule has 1 spiro atoms. The molecular weight excluding hydrogens is 288 g/mol. The van der Waals surface area contributed by atoms with Gasteiger partial charge in [-0.15, -0.1) is 11.3 Å². The molecule has 0 unspecified atom stereocenters. The molecule has 116 valence electrons. The zero-order chi connectivity index (χ0) is 14.7. The maximum atomic E-state index is 11.6. The van der Waals surface area contributed by atoms with Crippen LogP contribution in [0.4, 0.5) is 0 Å². The Kier molecular flexibility index (Phi) is 4.57. The fourth-order valence-electron chi connectivity index (χ4n) is 3.44. The van der Waals surface area contributed by atoms with Crippen molar-refractivity contribution in [3.63, 3.8) is 0 Å². The van der Waals surface area contributed by atoms with Gasteiger partial charge in [-0.25, -0.2) is 4.98 Å². The molecule has 0 bridgehead atoms. The highest BCUT2D eigenvalue weighted by Gasteiger charge is 2.47. The molecule has 2 heterocycles. The first-order valence-electron chi connectivity index (χ1n) is 7.55. The minimum atomic E-state index is -0.188. The number of ether oxygens (including phenoxy) is 2. The summed E-state index contributed by atoms with van der Waals surface area (Å²) in [6.07, 6.45) is 5.10. The number of amides is 1. The van der Waals surface area contributed by atoms with Gasteiger partial charge in [0.15, 0.2) is 0 Å². The average molecular weight is 310 g/mol. The lowest BCUT2D eigenvalue weighted by molar-refractivity contribution is -0.160. The van der Waals surface area contributed by atoms with Crippen molar-refractivity contribution in [1.29, 1.82) is 0 Å². The Morgan fingerprint density at radius 1 is 1.67 bits per heavy atom. The third-order valence-electron chi connectivity index (χ3n) is 4.58. The molecule has 1 aliphatic heterocycles. The molecule has 0 aromatic carbocycles. The second-order valence-corrected chi connectivity index (χ2v) is 6.86. The van der Waals surface area contributed by atoms with Crippen molar-refractivity contribution in [2.75, 3.05) is 26.3 Å². The monoisotopic (exact) mass is 310 g/mol. The molecule has 3 rings (SSSR count). The molecule has 1 aromatic heterocycles. The van der Waals surface area contributed by atoms with Gasteiger partial charge in [0.1, 0.15) is 5.01 Å².